The fourth-order valence-corrected chi connectivity index (χ4v) is 1.98. The summed E-state index contributed by atoms with van der Waals surface area (Å²) in [5.74, 6) is -1.25. The highest BCUT2D eigenvalue weighted by Crippen LogP contribution is 2.24. The van der Waals surface area contributed by atoms with Crippen LogP contribution in [0.4, 0.5) is 11.4 Å². The zero-order valence-electron chi connectivity index (χ0n) is 13.2. The highest BCUT2D eigenvalue weighted by Gasteiger charge is 2.28. The van der Waals surface area contributed by atoms with E-state index in [0.717, 1.165) is 18.9 Å². The van der Waals surface area contributed by atoms with Crippen LogP contribution in [-0.2, 0) is 9.53 Å². The van der Waals surface area contributed by atoms with E-state index >= 15 is 0 Å². The number of rotatable bonds is 8. The van der Waals surface area contributed by atoms with Crippen molar-refractivity contribution in [1.82, 2.24) is 5.32 Å². The SMILES string of the molecule is C[C@H](OC(=O)c1cc([N+](=O)[O-])ccc1NCCO)C(=O)NC1CC1. The summed E-state index contributed by atoms with van der Waals surface area (Å²) in [7, 11) is 0. The number of hydrogen-bond acceptors (Lipinski definition) is 7. The first-order valence-electron chi connectivity index (χ1n) is 7.57. The number of ether oxygens (including phenoxy) is 1. The highest BCUT2D eigenvalue weighted by atomic mass is 16.6. The van der Waals surface area contributed by atoms with Gasteiger partial charge < -0.3 is 20.5 Å². The fourth-order valence-electron chi connectivity index (χ4n) is 1.98. The van der Waals surface area contributed by atoms with E-state index in [1.165, 1.54) is 19.1 Å². The largest absolute Gasteiger partial charge is 0.449 e. The molecule has 1 fully saturated rings. The van der Waals surface area contributed by atoms with Gasteiger partial charge in [0, 0.05) is 30.4 Å². The van der Waals surface area contributed by atoms with Crippen molar-refractivity contribution >= 4 is 23.3 Å². The maximum atomic E-state index is 12.3. The van der Waals surface area contributed by atoms with Crippen LogP contribution in [0, 0.1) is 10.1 Å². The third kappa shape index (κ3) is 4.66. The first kappa shape index (κ1) is 17.7. The van der Waals surface area contributed by atoms with Gasteiger partial charge in [0.1, 0.15) is 0 Å². The molecule has 0 aliphatic heterocycles. The third-order valence-corrected chi connectivity index (χ3v) is 3.44. The van der Waals surface area contributed by atoms with Crippen LogP contribution in [0.1, 0.15) is 30.1 Å². The Morgan fingerprint density at radius 3 is 2.75 bits per heavy atom. The van der Waals surface area contributed by atoms with Crippen LogP contribution in [0.25, 0.3) is 0 Å². The van der Waals surface area contributed by atoms with E-state index in [9.17, 15) is 19.7 Å². The van der Waals surface area contributed by atoms with Crippen molar-refractivity contribution in [1.29, 1.82) is 0 Å². The van der Waals surface area contributed by atoms with Gasteiger partial charge >= 0.3 is 5.97 Å². The van der Waals surface area contributed by atoms with Crippen molar-refractivity contribution in [2.45, 2.75) is 31.9 Å². The summed E-state index contributed by atoms with van der Waals surface area (Å²) in [5, 5.41) is 25.3. The molecule has 0 radical (unpaired) electrons. The van der Waals surface area contributed by atoms with E-state index in [2.05, 4.69) is 10.6 Å². The predicted octanol–water partition coefficient (Wildman–Crippen LogP) is 0.823. The minimum atomic E-state index is -1.01. The van der Waals surface area contributed by atoms with Crippen LogP contribution in [0.3, 0.4) is 0 Å². The lowest BCUT2D eigenvalue weighted by molar-refractivity contribution is -0.384. The Bertz CT molecular complexity index is 644. The molecule has 1 aliphatic carbocycles. The minimum Gasteiger partial charge on any atom is -0.449 e. The monoisotopic (exact) mass is 337 g/mol. The summed E-state index contributed by atoms with van der Waals surface area (Å²) in [5.41, 5.74) is -0.0512. The number of nitrogens with one attached hydrogen (secondary N) is 2. The molecule has 1 aliphatic rings. The molecular formula is C15H19N3O6. The Morgan fingerprint density at radius 2 is 2.17 bits per heavy atom. The molecule has 9 heteroatoms. The first-order valence-corrected chi connectivity index (χ1v) is 7.57. The molecule has 24 heavy (non-hydrogen) atoms. The van der Waals surface area contributed by atoms with Gasteiger partial charge in [-0.15, -0.1) is 0 Å². The second kappa shape index (κ2) is 7.73. The van der Waals surface area contributed by atoms with Crippen LogP contribution in [-0.4, -0.2) is 47.2 Å². The Hall–Kier alpha value is -2.68. The molecule has 0 bridgehead atoms. The molecule has 2 rings (SSSR count). The molecular weight excluding hydrogens is 318 g/mol. The van der Waals surface area contributed by atoms with Crippen LogP contribution in [0.5, 0.6) is 0 Å². The number of esters is 1. The molecule has 1 aromatic rings. The lowest BCUT2D eigenvalue weighted by atomic mass is 10.1. The number of nitro benzene ring substituents is 1. The second-order valence-electron chi connectivity index (χ2n) is 5.47. The molecule has 0 spiro atoms. The molecule has 130 valence electrons. The summed E-state index contributed by atoms with van der Waals surface area (Å²) in [6, 6.07) is 3.81. The van der Waals surface area contributed by atoms with Crippen molar-refractivity contribution in [3.05, 3.63) is 33.9 Å². The van der Waals surface area contributed by atoms with E-state index in [1.54, 1.807) is 0 Å². The molecule has 1 atom stereocenters. The number of nitrogens with zero attached hydrogens (tertiary/aromatic N) is 1. The average Bonchev–Trinajstić information content (AvgIpc) is 3.36. The lowest BCUT2D eigenvalue weighted by Crippen LogP contribution is -2.37. The quantitative estimate of drug-likeness (QED) is 0.363. The standard InChI is InChI=1S/C15H19N3O6/c1-9(14(20)17-10-2-3-10)24-15(21)12-8-11(18(22)23)4-5-13(12)16-6-7-19/h4-5,8-10,16,19H,2-3,6-7H2,1H3,(H,17,20)/t9-/m0/s1. The first-order chi connectivity index (χ1) is 11.4. The van der Waals surface area contributed by atoms with Crippen LogP contribution in [0.2, 0.25) is 0 Å². The predicted molar refractivity (Wildman–Crippen MR) is 84.7 cm³/mol. The Morgan fingerprint density at radius 1 is 1.46 bits per heavy atom. The Kier molecular flexibility index (Phi) is 5.69. The molecule has 3 N–H and O–H groups in total. The van der Waals surface area contributed by atoms with E-state index in [1.807, 2.05) is 0 Å². The zero-order chi connectivity index (χ0) is 17.7. The van der Waals surface area contributed by atoms with Gasteiger partial charge in [-0.1, -0.05) is 0 Å². The van der Waals surface area contributed by atoms with Crippen LogP contribution >= 0.6 is 0 Å². The lowest BCUT2D eigenvalue weighted by Gasteiger charge is -2.15. The van der Waals surface area contributed by atoms with Crippen molar-refractivity contribution < 1.29 is 24.4 Å². The maximum absolute atomic E-state index is 12.3. The van der Waals surface area contributed by atoms with Crippen LogP contribution < -0.4 is 10.6 Å². The summed E-state index contributed by atoms with van der Waals surface area (Å²) < 4.78 is 5.11. The van der Waals surface area contributed by atoms with E-state index in [4.69, 9.17) is 9.84 Å². The smallest absolute Gasteiger partial charge is 0.341 e. The van der Waals surface area contributed by atoms with Gasteiger partial charge in [0.2, 0.25) is 0 Å². The van der Waals surface area contributed by atoms with Crippen molar-refractivity contribution in [2.75, 3.05) is 18.5 Å². The van der Waals surface area contributed by atoms with Crippen molar-refractivity contribution in [3.63, 3.8) is 0 Å². The van der Waals surface area contributed by atoms with Gasteiger partial charge in [-0.25, -0.2) is 4.79 Å². The van der Waals surface area contributed by atoms with Gasteiger partial charge in [0.25, 0.3) is 11.6 Å². The molecule has 0 unspecified atom stereocenters. The van der Waals surface area contributed by atoms with Gasteiger partial charge in [0.05, 0.1) is 17.1 Å². The van der Waals surface area contributed by atoms with E-state index in [0.29, 0.717) is 0 Å². The molecule has 1 amide bonds. The number of nitro groups is 1. The van der Waals surface area contributed by atoms with Crippen LogP contribution in [0.15, 0.2) is 18.2 Å². The van der Waals surface area contributed by atoms with Gasteiger partial charge in [-0.3, -0.25) is 14.9 Å². The molecule has 0 heterocycles. The van der Waals surface area contributed by atoms with Gasteiger partial charge in [-0.05, 0) is 25.8 Å². The number of carbonyl (C=O) groups excluding carboxylic acids is 2. The zero-order valence-corrected chi connectivity index (χ0v) is 13.2. The van der Waals surface area contributed by atoms with E-state index in [-0.39, 0.29) is 36.1 Å². The number of non-ortho nitro benzene ring substituents is 1. The van der Waals surface area contributed by atoms with Crippen molar-refractivity contribution in [2.24, 2.45) is 0 Å². The Balaban J connectivity index is 2.13. The summed E-state index contributed by atoms with van der Waals surface area (Å²) in [4.78, 5) is 34.4. The molecule has 1 saturated carbocycles. The molecule has 1 aromatic carbocycles. The number of hydrogen-bond donors (Lipinski definition) is 3. The molecule has 0 aromatic heterocycles. The summed E-state index contributed by atoms with van der Waals surface area (Å²) in [6.07, 6.45) is 0.807. The van der Waals surface area contributed by atoms with Gasteiger partial charge in [0.15, 0.2) is 6.10 Å². The number of aliphatic hydroxyl groups is 1. The molecule has 0 saturated heterocycles. The Labute approximate surface area is 138 Å². The summed E-state index contributed by atoms with van der Waals surface area (Å²) in [6.45, 7) is 1.43. The minimum absolute atomic E-state index is 0.0660. The number of aliphatic hydroxyl groups excluding tert-OH is 1. The number of benzene rings is 1. The second-order valence-corrected chi connectivity index (χ2v) is 5.47. The fraction of sp³-hybridized carbons (Fsp3) is 0.467. The maximum Gasteiger partial charge on any atom is 0.341 e. The highest BCUT2D eigenvalue weighted by molar-refractivity contribution is 5.98. The van der Waals surface area contributed by atoms with E-state index < -0.39 is 22.9 Å². The third-order valence-electron chi connectivity index (χ3n) is 3.44. The summed E-state index contributed by atoms with van der Waals surface area (Å²) >= 11 is 0. The number of carbonyl (C=O) groups is 2. The average molecular weight is 337 g/mol. The van der Waals surface area contributed by atoms with Gasteiger partial charge in [-0.2, -0.15) is 0 Å². The normalized spacial score (nSPS) is 14.6. The number of anilines is 1. The topological polar surface area (TPSA) is 131 Å². The number of amides is 1. The molecule has 9 nitrogen and oxygen atoms in total. The van der Waals surface area contributed by atoms with Crippen molar-refractivity contribution in [3.8, 4) is 0 Å².